The first-order valence-electron chi connectivity index (χ1n) is 10.2. The van der Waals surface area contributed by atoms with Crippen molar-refractivity contribution < 1.29 is 13.6 Å². The number of aromatic nitrogens is 2. The fraction of sp³-hybridized carbons (Fsp3) is 0.348. The SMILES string of the molecule is Cc1ccc(CNC(=O)CN2CCC(c3nnc(-c4ccc(F)cc4)o3)CC2)cc1. The van der Waals surface area contributed by atoms with Crippen LogP contribution in [0, 0.1) is 12.7 Å². The molecule has 6 nitrogen and oxygen atoms in total. The van der Waals surface area contributed by atoms with Crippen molar-refractivity contribution in [3.63, 3.8) is 0 Å². The molecule has 2 aromatic carbocycles. The molecule has 0 radical (unpaired) electrons. The maximum Gasteiger partial charge on any atom is 0.247 e. The van der Waals surface area contributed by atoms with E-state index in [4.69, 9.17) is 4.42 Å². The fourth-order valence-electron chi connectivity index (χ4n) is 3.61. The van der Waals surface area contributed by atoms with E-state index >= 15 is 0 Å². The third-order valence-electron chi connectivity index (χ3n) is 5.45. The van der Waals surface area contributed by atoms with Crippen molar-refractivity contribution in [1.29, 1.82) is 0 Å². The van der Waals surface area contributed by atoms with Gasteiger partial charge in [0.15, 0.2) is 0 Å². The summed E-state index contributed by atoms with van der Waals surface area (Å²) >= 11 is 0. The number of amides is 1. The highest BCUT2D eigenvalue weighted by Crippen LogP contribution is 2.29. The van der Waals surface area contributed by atoms with Gasteiger partial charge >= 0.3 is 0 Å². The van der Waals surface area contributed by atoms with Crippen LogP contribution in [0.1, 0.15) is 35.8 Å². The molecule has 1 aliphatic heterocycles. The lowest BCUT2D eigenvalue weighted by atomic mass is 9.97. The fourth-order valence-corrected chi connectivity index (χ4v) is 3.61. The largest absolute Gasteiger partial charge is 0.420 e. The predicted molar refractivity (Wildman–Crippen MR) is 111 cm³/mol. The number of hydrogen-bond donors (Lipinski definition) is 1. The zero-order chi connectivity index (χ0) is 20.9. The van der Waals surface area contributed by atoms with Gasteiger partial charge < -0.3 is 9.73 Å². The van der Waals surface area contributed by atoms with E-state index in [9.17, 15) is 9.18 Å². The molecule has 0 spiro atoms. The second-order valence-electron chi connectivity index (χ2n) is 7.77. The van der Waals surface area contributed by atoms with Crippen LogP contribution in [-0.2, 0) is 11.3 Å². The first-order valence-corrected chi connectivity index (χ1v) is 10.2. The Balaban J connectivity index is 1.24. The number of nitrogens with zero attached hydrogens (tertiary/aromatic N) is 3. The summed E-state index contributed by atoms with van der Waals surface area (Å²) < 4.78 is 18.9. The Labute approximate surface area is 175 Å². The number of rotatable bonds is 6. The minimum absolute atomic E-state index is 0.0328. The summed E-state index contributed by atoms with van der Waals surface area (Å²) in [6, 6.07) is 14.2. The molecule has 2 heterocycles. The highest BCUT2D eigenvalue weighted by Gasteiger charge is 2.26. The van der Waals surface area contributed by atoms with Crippen LogP contribution in [0.4, 0.5) is 4.39 Å². The quantitative estimate of drug-likeness (QED) is 0.674. The van der Waals surface area contributed by atoms with Crippen LogP contribution in [-0.4, -0.2) is 40.6 Å². The summed E-state index contributed by atoms with van der Waals surface area (Å²) in [7, 11) is 0. The monoisotopic (exact) mass is 408 g/mol. The second kappa shape index (κ2) is 9.17. The predicted octanol–water partition coefficient (Wildman–Crippen LogP) is 3.68. The molecular formula is C23H25FN4O2. The van der Waals surface area contributed by atoms with Crippen molar-refractivity contribution in [2.24, 2.45) is 0 Å². The molecule has 30 heavy (non-hydrogen) atoms. The van der Waals surface area contributed by atoms with E-state index in [1.165, 1.54) is 17.7 Å². The number of aryl methyl sites for hydroxylation is 1. The molecule has 3 aromatic rings. The summed E-state index contributed by atoms with van der Waals surface area (Å²) in [6.45, 7) is 4.59. The molecule has 1 N–H and O–H groups in total. The van der Waals surface area contributed by atoms with Crippen molar-refractivity contribution in [2.45, 2.75) is 32.2 Å². The number of nitrogens with one attached hydrogen (secondary N) is 1. The summed E-state index contributed by atoms with van der Waals surface area (Å²) in [5.74, 6) is 0.929. The van der Waals surface area contributed by atoms with Gasteiger partial charge in [-0.15, -0.1) is 10.2 Å². The van der Waals surface area contributed by atoms with Crippen molar-refractivity contribution in [3.05, 3.63) is 71.4 Å². The molecule has 0 unspecified atom stereocenters. The number of piperidine rings is 1. The number of carbonyl (C=O) groups excluding carboxylic acids is 1. The van der Waals surface area contributed by atoms with E-state index < -0.39 is 0 Å². The Hall–Kier alpha value is -3.06. The van der Waals surface area contributed by atoms with Crippen LogP contribution in [0.5, 0.6) is 0 Å². The lowest BCUT2D eigenvalue weighted by Crippen LogP contribution is -2.41. The maximum absolute atomic E-state index is 13.1. The number of benzene rings is 2. The number of likely N-dealkylation sites (tertiary alicyclic amines) is 1. The van der Waals surface area contributed by atoms with E-state index in [0.717, 1.165) is 31.5 Å². The molecule has 1 aromatic heterocycles. The number of halogens is 1. The molecule has 0 atom stereocenters. The normalized spacial score (nSPS) is 15.3. The van der Waals surface area contributed by atoms with Gasteiger partial charge in [0, 0.05) is 18.0 Å². The van der Waals surface area contributed by atoms with Crippen molar-refractivity contribution in [2.75, 3.05) is 19.6 Å². The molecule has 0 bridgehead atoms. The number of carbonyl (C=O) groups is 1. The molecule has 1 amide bonds. The van der Waals surface area contributed by atoms with Gasteiger partial charge in [-0.3, -0.25) is 9.69 Å². The van der Waals surface area contributed by atoms with Crippen molar-refractivity contribution >= 4 is 5.91 Å². The van der Waals surface area contributed by atoms with Gasteiger partial charge in [0.25, 0.3) is 0 Å². The molecule has 1 fully saturated rings. The van der Waals surface area contributed by atoms with Crippen LogP contribution >= 0.6 is 0 Å². The standard InChI is InChI=1S/C23H25FN4O2/c1-16-2-4-17(5-3-16)14-25-21(29)15-28-12-10-19(11-13-28)23-27-26-22(30-23)18-6-8-20(24)9-7-18/h2-9,19H,10-15H2,1H3,(H,25,29). The lowest BCUT2D eigenvalue weighted by Gasteiger charge is -2.29. The highest BCUT2D eigenvalue weighted by molar-refractivity contribution is 5.78. The summed E-state index contributed by atoms with van der Waals surface area (Å²) in [5, 5.41) is 11.3. The highest BCUT2D eigenvalue weighted by atomic mass is 19.1. The first kappa shape index (κ1) is 20.2. The van der Waals surface area contributed by atoms with E-state index in [-0.39, 0.29) is 17.6 Å². The minimum Gasteiger partial charge on any atom is -0.420 e. The average Bonchev–Trinajstić information content (AvgIpc) is 3.25. The molecule has 1 saturated heterocycles. The Morgan fingerprint density at radius 3 is 2.50 bits per heavy atom. The first-order chi connectivity index (χ1) is 14.6. The Morgan fingerprint density at radius 2 is 1.80 bits per heavy atom. The van der Waals surface area contributed by atoms with E-state index in [1.807, 2.05) is 31.2 Å². The van der Waals surface area contributed by atoms with Crippen LogP contribution in [0.25, 0.3) is 11.5 Å². The molecule has 0 aliphatic carbocycles. The number of hydrogen-bond acceptors (Lipinski definition) is 5. The molecule has 156 valence electrons. The Bertz CT molecular complexity index is 977. The third-order valence-corrected chi connectivity index (χ3v) is 5.45. The second-order valence-corrected chi connectivity index (χ2v) is 7.77. The summed E-state index contributed by atoms with van der Waals surface area (Å²) in [5.41, 5.74) is 3.01. The van der Waals surface area contributed by atoms with Crippen molar-refractivity contribution in [3.8, 4) is 11.5 Å². The molecular weight excluding hydrogens is 383 g/mol. The van der Waals surface area contributed by atoms with Gasteiger partial charge in [0.1, 0.15) is 5.82 Å². The van der Waals surface area contributed by atoms with E-state index in [1.54, 1.807) is 12.1 Å². The van der Waals surface area contributed by atoms with Crippen molar-refractivity contribution in [1.82, 2.24) is 20.4 Å². The molecule has 7 heteroatoms. The Kier molecular flexibility index (Phi) is 6.18. The van der Waals surface area contributed by atoms with Gasteiger partial charge in [-0.25, -0.2) is 4.39 Å². The zero-order valence-electron chi connectivity index (χ0n) is 17.0. The average molecular weight is 408 g/mol. The maximum atomic E-state index is 13.1. The smallest absolute Gasteiger partial charge is 0.247 e. The van der Waals surface area contributed by atoms with Gasteiger partial charge in [0.05, 0.1) is 6.54 Å². The molecule has 4 rings (SSSR count). The van der Waals surface area contributed by atoms with E-state index in [2.05, 4.69) is 20.4 Å². The topological polar surface area (TPSA) is 71.3 Å². The van der Waals surface area contributed by atoms with Crippen LogP contribution < -0.4 is 5.32 Å². The summed E-state index contributed by atoms with van der Waals surface area (Å²) in [4.78, 5) is 14.4. The third kappa shape index (κ3) is 5.10. The lowest BCUT2D eigenvalue weighted by molar-refractivity contribution is -0.122. The zero-order valence-corrected chi connectivity index (χ0v) is 17.0. The van der Waals surface area contributed by atoms with Gasteiger partial charge in [-0.05, 0) is 62.7 Å². The molecule has 1 aliphatic rings. The molecule has 0 saturated carbocycles. The van der Waals surface area contributed by atoms with Gasteiger partial charge in [0.2, 0.25) is 17.7 Å². The van der Waals surface area contributed by atoms with Crippen LogP contribution in [0.3, 0.4) is 0 Å². The van der Waals surface area contributed by atoms with Gasteiger partial charge in [-0.2, -0.15) is 0 Å². The minimum atomic E-state index is -0.297. The summed E-state index contributed by atoms with van der Waals surface area (Å²) in [6.07, 6.45) is 1.71. The van der Waals surface area contributed by atoms with Crippen LogP contribution in [0.15, 0.2) is 52.9 Å². The Morgan fingerprint density at radius 1 is 1.10 bits per heavy atom. The van der Waals surface area contributed by atoms with E-state index in [0.29, 0.717) is 30.4 Å². The van der Waals surface area contributed by atoms with Gasteiger partial charge in [-0.1, -0.05) is 29.8 Å². The van der Waals surface area contributed by atoms with Crippen LogP contribution in [0.2, 0.25) is 0 Å².